The van der Waals surface area contributed by atoms with Crippen LogP contribution in [0.4, 0.5) is 0 Å². The third-order valence-corrected chi connectivity index (χ3v) is 4.71. The van der Waals surface area contributed by atoms with Gasteiger partial charge in [0.1, 0.15) is 0 Å². The van der Waals surface area contributed by atoms with Gasteiger partial charge in [0.25, 0.3) is 0 Å². The number of likely N-dealkylation sites (tertiary alicyclic amines) is 1. The van der Waals surface area contributed by atoms with Gasteiger partial charge in [-0.3, -0.25) is 4.79 Å². The summed E-state index contributed by atoms with van der Waals surface area (Å²) in [4.78, 5) is 14.9. The van der Waals surface area contributed by atoms with Gasteiger partial charge in [0, 0.05) is 24.5 Å². The third-order valence-electron chi connectivity index (χ3n) is 4.71. The van der Waals surface area contributed by atoms with Crippen molar-refractivity contribution in [2.45, 2.75) is 71.4 Å². The van der Waals surface area contributed by atoms with Crippen molar-refractivity contribution < 1.29 is 4.79 Å². The second kappa shape index (κ2) is 6.74. The maximum atomic E-state index is 12.7. The quantitative estimate of drug-likeness (QED) is 0.848. The molecule has 0 radical (unpaired) electrons. The van der Waals surface area contributed by atoms with Gasteiger partial charge in [-0.25, -0.2) is 0 Å². The van der Waals surface area contributed by atoms with E-state index >= 15 is 0 Å². The van der Waals surface area contributed by atoms with Gasteiger partial charge in [-0.05, 0) is 57.9 Å². The number of hydrogen-bond donors (Lipinski definition) is 1. The molecule has 2 rings (SSSR count). The molecule has 0 spiro atoms. The fourth-order valence-corrected chi connectivity index (χ4v) is 3.54. The lowest BCUT2D eigenvalue weighted by Crippen LogP contribution is -2.45. The smallest absolute Gasteiger partial charge is 0.226 e. The maximum Gasteiger partial charge on any atom is 0.226 e. The molecule has 110 valence electrons. The Labute approximate surface area is 118 Å². The van der Waals surface area contributed by atoms with Crippen LogP contribution in [0.25, 0.3) is 0 Å². The normalized spacial score (nSPS) is 32.0. The molecule has 0 saturated carbocycles. The van der Waals surface area contributed by atoms with E-state index in [2.05, 4.69) is 31.0 Å². The summed E-state index contributed by atoms with van der Waals surface area (Å²) in [6, 6.07) is 1.03. The Bertz CT molecular complexity index is 303. The number of rotatable bonds is 4. The summed E-state index contributed by atoms with van der Waals surface area (Å²) in [5, 5.41) is 3.44. The monoisotopic (exact) mass is 266 g/mol. The molecular weight excluding hydrogens is 236 g/mol. The summed E-state index contributed by atoms with van der Waals surface area (Å²) in [7, 11) is 0. The van der Waals surface area contributed by atoms with Crippen molar-refractivity contribution in [3.63, 3.8) is 0 Å². The molecule has 2 heterocycles. The highest BCUT2D eigenvalue weighted by atomic mass is 16.2. The Balaban J connectivity index is 1.89. The molecule has 0 aromatic heterocycles. The molecule has 1 unspecified atom stereocenters. The van der Waals surface area contributed by atoms with Crippen LogP contribution in [-0.2, 0) is 4.79 Å². The largest absolute Gasteiger partial charge is 0.339 e. The van der Waals surface area contributed by atoms with Gasteiger partial charge < -0.3 is 10.2 Å². The van der Waals surface area contributed by atoms with Crippen LogP contribution in [0.2, 0.25) is 0 Å². The summed E-state index contributed by atoms with van der Waals surface area (Å²) in [5.74, 6) is 1.46. The van der Waals surface area contributed by atoms with Crippen LogP contribution in [0.15, 0.2) is 0 Å². The lowest BCUT2D eigenvalue weighted by Gasteiger charge is -2.33. The minimum Gasteiger partial charge on any atom is -0.339 e. The highest BCUT2D eigenvalue weighted by Gasteiger charge is 2.34. The molecule has 0 aliphatic carbocycles. The summed E-state index contributed by atoms with van der Waals surface area (Å²) in [6.07, 6.45) is 6.91. The molecule has 2 fully saturated rings. The Kier molecular flexibility index (Phi) is 5.26. The molecule has 3 nitrogen and oxygen atoms in total. The molecule has 3 atom stereocenters. The Morgan fingerprint density at radius 3 is 2.84 bits per heavy atom. The first-order valence-corrected chi connectivity index (χ1v) is 8.11. The molecule has 2 saturated heterocycles. The molecule has 0 bridgehead atoms. The Morgan fingerprint density at radius 1 is 1.37 bits per heavy atom. The molecule has 1 N–H and O–H groups in total. The molecular formula is C16H30N2O. The highest BCUT2D eigenvalue weighted by molar-refractivity contribution is 5.79. The lowest BCUT2D eigenvalue weighted by atomic mass is 9.91. The number of carbonyl (C=O) groups is 1. The molecule has 2 aliphatic rings. The summed E-state index contributed by atoms with van der Waals surface area (Å²) in [6.45, 7) is 8.74. The first-order chi connectivity index (χ1) is 9.08. The van der Waals surface area contributed by atoms with Gasteiger partial charge in [-0.15, -0.1) is 0 Å². The number of nitrogens with one attached hydrogen (secondary N) is 1. The minimum absolute atomic E-state index is 0.274. The maximum absolute atomic E-state index is 12.7. The van der Waals surface area contributed by atoms with Crippen LogP contribution in [-0.4, -0.2) is 36.0 Å². The van der Waals surface area contributed by atoms with Crippen molar-refractivity contribution in [1.82, 2.24) is 10.2 Å². The van der Waals surface area contributed by atoms with E-state index in [0.717, 1.165) is 31.8 Å². The molecule has 2 aliphatic heterocycles. The van der Waals surface area contributed by atoms with Gasteiger partial charge in [-0.2, -0.15) is 0 Å². The average molecular weight is 266 g/mol. The van der Waals surface area contributed by atoms with E-state index in [-0.39, 0.29) is 5.92 Å². The fraction of sp³-hybridized carbons (Fsp3) is 0.938. The molecule has 1 amide bonds. The molecule has 19 heavy (non-hydrogen) atoms. The minimum atomic E-state index is 0.274. The predicted octanol–water partition coefficient (Wildman–Crippen LogP) is 2.80. The number of carbonyl (C=O) groups excluding carboxylic acids is 1. The fourth-order valence-electron chi connectivity index (χ4n) is 3.54. The first-order valence-electron chi connectivity index (χ1n) is 8.11. The van der Waals surface area contributed by atoms with Gasteiger partial charge in [0.2, 0.25) is 5.91 Å². The first kappa shape index (κ1) is 14.8. The summed E-state index contributed by atoms with van der Waals surface area (Å²) < 4.78 is 0. The van der Waals surface area contributed by atoms with E-state index < -0.39 is 0 Å². The zero-order chi connectivity index (χ0) is 13.8. The van der Waals surface area contributed by atoms with Crippen LogP contribution in [0.5, 0.6) is 0 Å². The predicted molar refractivity (Wildman–Crippen MR) is 79.0 cm³/mol. The van der Waals surface area contributed by atoms with Crippen molar-refractivity contribution in [1.29, 1.82) is 0 Å². The lowest BCUT2D eigenvalue weighted by molar-refractivity contribution is -0.137. The summed E-state index contributed by atoms with van der Waals surface area (Å²) in [5.41, 5.74) is 0. The van der Waals surface area contributed by atoms with Gasteiger partial charge in [-0.1, -0.05) is 13.8 Å². The zero-order valence-corrected chi connectivity index (χ0v) is 12.8. The third kappa shape index (κ3) is 3.95. The zero-order valence-electron chi connectivity index (χ0n) is 12.8. The van der Waals surface area contributed by atoms with Crippen LogP contribution in [0.3, 0.4) is 0 Å². The van der Waals surface area contributed by atoms with Gasteiger partial charge in [0.15, 0.2) is 0 Å². The second-order valence-electron chi connectivity index (χ2n) is 6.88. The summed E-state index contributed by atoms with van der Waals surface area (Å²) >= 11 is 0. The average Bonchev–Trinajstić information content (AvgIpc) is 2.83. The van der Waals surface area contributed by atoms with Crippen molar-refractivity contribution in [2.24, 2.45) is 11.8 Å². The number of amides is 1. The van der Waals surface area contributed by atoms with E-state index in [1.54, 1.807) is 0 Å². The van der Waals surface area contributed by atoms with Gasteiger partial charge in [0.05, 0.1) is 0 Å². The second-order valence-corrected chi connectivity index (χ2v) is 6.88. The molecule has 3 heteroatoms. The number of piperidine rings is 1. The number of nitrogens with zero attached hydrogens (tertiary/aromatic N) is 1. The number of hydrogen-bond acceptors (Lipinski definition) is 2. The van der Waals surface area contributed by atoms with Crippen LogP contribution >= 0.6 is 0 Å². The molecule has 0 aromatic rings. The van der Waals surface area contributed by atoms with Gasteiger partial charge >= 0.3 is 0 Å². The Hall–Kier alpha value is -0.570. The SMILES string of the molecule is CC(C)CCC1CCCN1C(=O)[C@H]1CCN[C@@H](C)C1. The van der Waals surface area contributed by atoms with E-state index in [0.29, 0.717) is 18.0 Å². The van der Waals surface area contributed by atoms with Crippen molar-refractivity contribution in [3.8, 4) is 0 Å². The topological polar surface area (TPSA) is 32.3 Å². The van der Waals surface area contributed by atoms with E-state index in [4.69, 9.17) is 0 Å². The highest BCUT2D eigenvalue weighted by Crippen LogP contribution is 2.27. The van der Waals surface area contributed by atoms with Crippen LogP contribution in [0, 0.1) is 11.8 Å². The van der Waals surface area contributed by atoms with E-state index in [1.807, 2.05) is 0 Å². The van der Waals surface area contributed by atoms with E-state index in [9.17, 15) is 4.79 Å². The Morgan fingerprint density at radius 2 is 2.16 bits per heavy atom. The van der Waals surface area contributed by atoms with Crippen LogP contribution < -0.4 is 5.32 Å². The van der Waals surface area contributed by atoms with Crippen molar-refractivity contribution >= 4 is 5.91 Å². The molecule has 0 aromatic carbocycles. The standard InChI is InChI=1S/C16H30N2O/c1-12(2)6-7-15-5-4-10-18(15)16(19)14-8-9-17-13(3)11-14/h12-15,17H,4-11H2,1-3H3/t13-,14-,15?/m0/s1. The van der Waals surface area contributed by atoms with E-state index in [1.165, 1.54) is 25.7 Å². The van der Waals surface area contributed by atoms with Crippen LogP contribution in [0.1, 0.15) is 59.3 Å². The van der Waals surface area contributed by atoms with Crippen molar-refractivity contribution in [2.75, 3.05) is 13.1 Å². The van der Waals surface area contributed by atoms with Crippen molar-refractivity contribution in [3.05, 3.63) is 0 Å².